The highest BCUT2D eigenvalue weighted by Gasteiger charge is 2.22. The van der Waals surface area contributed by atoms with Gasteiger partial charge in [0.25, 0.3) is 11.4 Å². The van der Waals surface area contributed by atoms with E-state index in [4.69, 9.17) is 0 Å². The van der Waals surface area contributed by atoms with Gasteiger partial charge in [-0.05, 0) is 28.3 Å². The van der Waals surface area contributed by atoms with E-state index >= 15 is 0 Å². The molecule has 0 aliphatic carbocycles. The Balaban J connectivity index is 2.22. The maximum atomic E-state index is 11.1. The Morgan fingerprint density at radius 2 is 2.08 bits per heavy atom. The summed E-state index contributed by atoms with van der Waals surface area (Å²) in [6.45, 7) is 1.93. The van der Waals surface area contributed by atoms with E-state index < -0.39 is 15.5 Å². The molecule has 0 saturated carbocycles. The van der Waals surface area contributed by atoms with Crippen molar-refractivity contribution in [3.8, 4) is 0 Å². The standard InChI is InChI=1S/C11H11N7O5S/c1-7(19)12-4-5-16-11(13-14-15-16)24-10-3-2-8(17(20)21)6-9(10)18(22)23/h2-3,6H,4-5H2,1H3,(H,12,19). The number of aromatic nitrogens is 4. The summed E-state index contributed by atoms with van der Waals surface area (Å²) in [6.07, 6.45) is 0. The molecule has 1 amide bonds. The highest BCUT2D eigenvalue weighted by atomic mass is 32.2. The Bertz CT molecular complexity index is 793. The van der Waals surface area contributed by atoms with E-state index in [1.807, 2.05) is 0 Å². The number of benzene rings is 1. The zero-order valence-electron chi connectivity index (χ0n) is 12.3. The van der Waals surface area contributed by atoms with E-state index in [1.165, 1.54) is 23.7 Å². The van der Waals surface area contributed by atoms with Gasteiger partial charge in [-0.15, -0.1) is 5.10 Å². The molecule has 0 atom stereocenters. The third kappa shape index (κ3) is 4.22. The topological polar surface area (TPSA) is 159 Å². The summed E-state index contributed by atoms with van der Waals surface area (Å²) < 4.78 is 1.37. The third-order valence-corrected chi connectivity index (χ3v) is 3.79. The molecule has 126 valence electrons. The van der Waals surface area contributed by atoms with E-state index in [1.54, 1.807) is 0 Å². The molecule has 0 unspecified atom stereocenters. The first-order valence-corrected chi connectivity index (χ1v) is 7.31. The molecule has 0 saturated heterocycles. The van der Waals surface area contributed by atoms with E-state index in [-0.39, 0.29) is 34.7 Å². The average molecular weight is 353 g/mol. The maximum Gasteiger partial charge on any atom is 0.290 e. The van der Waals surface area contributed by atoms with Gasteiger partial charge in [0.2, 0.25) is 11.1 Å². The molecule has 0 fully saturated rings. The SMILES string of the molecule is CC(=O)NCCn1nnnc1Sc1ccc([N+](=O)[O-])cc1[N+](=O)[O-]. The predicted molar refractivity (Wildman–Crippen MR) is 80.4 cm³/mol. The van der Waals surface area contributed by atoms with E-state index in [2.05, 4.69) is 20.8 Å². The second-order valence-corrected chi connectivity index (χ2v) is 5.44. The second-order valence-electron chi connectivity index (χ2n) is 4.44. The molecule has 1 aromatic heterocycles. The zero-order valence-corrected chi connectivity index (χ0v) is 13.1. The number of nitrogens with one attached hydrogen (secondary N) is 1. The highest BCUT2D eigenvalue weighted by Crippen LogP contribution is 2.35. The Labute approximate surface area is 138 Å². The number of hydrogen-bond donors (Lipinski definition) is 1. The van der Waals surface area contributed by atoms with Crippen LogP contribution in [0.2, 0.25) is 0 Å². The number of tetrazole rings is 1. The van der Waals surface area contributed by atoms with Crippen molar-refractivity contribution < 1.29 is 14.6 Å². The lowest BCUT2D eigenvalue weighted by molar-refractivity contribution is -0.396. The first-order valence-electron chi connectivity index (χ1n) is 6.49. The molecule has 1 aromatic carbocycles. The lowest BCUT2D eigenvalue weighted by atomic mass is 10.3. The Morgan fingerprint density at radius 3 is 2.71 bits per heavy atom. The predicted octanol–water partition coefficient (Wildman–Crippen LogP) is 0.777. The molecule has 0 radical (unpaired) electrons. The summed E-state index contributed by atoms with van der Waals surface area (Å²) in [7, 11) is 0. The van der Waals surface area contributed by atoms with E-state index in [9.17, 15) is 25.0 Å². The second kappa shape index (κ2) is 7.45. The van der Waals surface area contributed by atoms with Crippen LogP contribution in [0.5, 0.6) is 0 Å². The van der Waals surface area contributed by atoms with Gasteiger partial charge in [-0.25, -0.2) is 4.68 Å². The monoisotopic (exact) mass is 353 g/mol. The minimum atomic E-state index is -0.709. The largest absolute Gasteiger partial charge is 0.354 e. The maximum absolute atomic E-state index is 11.1. The molecule has 12 nitrogen and oxygen atoms in total. The fourth-order valence-electron chi connectivity index (χ4n) is 1.69. The van der Waals surface area contributed by atoms with Gasteiger partial charge in [0.15, 0.2) is 0 Å². The van der Waals surface area contributed by atoms with Crippen LogP contribution in [-0.4, -0.2) is 42.5 Å². The van der Waals surface area contributed by atoms with E-state index in [0.717, 1.165) is 17.8 Å². The molecule has 2 rings (SSSR count). The normalized spacial score (nSPS) is 10.4. The lowest BCUT2D eigenvalue weighted by Crippen LogP contribution is -2.25. The molecule has 1 heterocycles. The summed E-state index contributed by atoms with van der Waals surface area (Å²) in [5.41, 5.74) is -0.790. The van der Waals surface area contributed by atoms with Gasteiger partial charge in [0.05, 0.1) is 27.4 Å². The molecule has 1 N–H and O–H groups in total. The van der Waals surface area contributed by atoms with Gasteiger partial charge >= 0.3 is 0 Å². The number of nitro benzene ring substituents is 2. The van der Waals surface area contributed by atoms with Crippen molar-refractivity contribution >= 4 is 29.0 Å². The van der Waals surface area contributed by atoms with Crippen molar-refractivity contribution in [3.63, 3.8) is 0 Å². The number of amides is 1. The van der Waals surface area contributed by atoms with Crippen molar-refractivity contribution in [2.75, 3.05) is 6.54 Å². The van der Waals surface area contributed by atoms with Crippen molar-refractivity contribution in [2.45, 2.75) is 23.5 Å². The molecule has 13 heteroatoms. The van der Waals surface area contributed by atoms with Gasteiger partial charge < -0.3 is 5.32 Å². The first kappa shape index (κ1) is 17.3. The smallest absolute Gasteiger partial charge is 0.290 e. The highest BCUT2D eigenvalue weighted by molar-refractivity contribution is 7.99. The summed E-state index contributed by atoms with van der Waals surface area (Å²) in [5.74, 6) is -0.205. The molecular weight excluding hydrogens is 342 g/mol. The van der Waals surface area contributed by atoms with Crippen molar-refractivity contribution in [2.24, 2.45) is 0 Å². The Morgan fingerprint density at radius 1 is 1.33 bits per heavy atom. The van der Waals surface area contributed by atoms with Crippen LogP contribution in [0, 0.1) is 20.2 Å². The number of non-ortho nitro benzene ring substituents is 1. The summed E-state index contributed by atoms with van der Waals surface area (Å²) in [4.78, 5) is 31.5. The van der Waals surface area contributed by atoms with Crippen LogP contribution in [0.3, 0.4) is 0 Å². The lowest BCUT2D eigenvalue weighted by Gasteiger charge is -2.05. The van der Waals surface area contributed by atoms with Crippen LogP contribution in [-0.2, 0) is 11.3 Å². The van der Waals surface area contributed by atoms with Crippen LogP contribution < -0.4 is 5.32 Å². The number of nitrogens with zero attached hydrogens (tertiary/aromatic N) is 6. The molecular formula is C11H11N7O5S. The van der Waals surface area contributed by atoms with Gasteiger partial charge in [-0.3, -0.25) is 25.0 Å². The quantitative estimate of drug-likeness (QED) is 0.560. The molecule has 24 heavy (non-hydrogen) atoms. The molecule has 2 aromatic rings. The van der Waals surface area contributed by atoms with Crippen molar-refractivity contribution in [1.82, 2.24) is 25.5 Å². The number of carbonyl (C=O) groups excluding carboxylic acids is 1. The Kier molecular flexibility index (Phi) is 5.36. The van der Waals surface area contributed by atoms with Gasteiger partial charge in [-0.1, -0.05) is 0 Å². The van der Waals surface area contributed by atoms with Crippen LogP contribution in [0.25, 0.3) is 0 Å². The average Bonchev–Trinajstić information content (AvgIpc) is 2.94. The fraction of sp³-hybridized carbons (Fsp3) is 0.273. The van der Waals surface area contributed by atoms with Crippen LogP contribution in [0.4, 0.5) is 11.4 Å². The molecule has 0 aliphatic heterocycles. The minimum Gasteiger partial charge on any atom is -0.354 e. The summed E-state index contributed by atoms with van der Waals surface area (Å²) >= 11 is 0.905. The van der Waals surface area contributed by atoms with Crippen molar-refractivity contribution in [3.05, 3.63) is 38.4 Å². The molecule has 0 spiro atoms. The summed E-state index contributed by atoms with van der Waals surface area (Å²) in [6, 6.07) is 3.32. The van der Waals surface area contributed by atoms with Gasteiger partial charge in [-0.2, -0.15) is 0 Å². The van der Waals surface area contributed by atoms with Crippen LogP contribution in [0.1, 0.15) is 6.92 Å². The van der Waals surface area contributed by atoms with Crippen LogP contribution in [0.15, 0.2) is 28.3 Å². The number of hydrogen-bond acceptors (Lipinski definition) is 9. The van der Waals surface area contributed by atoms with Gasteiger partial charge in [0.1, 0.15) is 0 Å². The van der Waals surface area contributed by atoms with Crippen LogP contribution >= 0.6 is 11.8 Å². The first-order chi connectivity index (χ1) is 11.4. The molecule has 0 aliphatic rings. The number of rotatable bonds is 7. The van der Waals surface area contributed by atoms with Gasteiger partial charge in [0, 0.05) is 19.5 Å². The minimum absolute atomic E-state index is 0.168. The molecule has 0 bridgehead atoms. The van der Waals surface area contributed by atoms with Crippen molar-refractivity contribution in [1.29, 1.82) is 0 Å². The number of carbonyl (C=O) groups is 1. The Hall–Kier alpha value is -3.09. The zero-order chi connectivity index (χ0) is 17.7. The third-order valence-electron chi connectivity index (χ3n) is 2.75. The fourth-order valence-corrected chi connectivity index (χ4v) is 2.58. The number of nitro groups is 2. The van der Waals surface area contributed by atoms with E-state index in [0.29, 0.717) is 0 Å². The summed E-state index contributed by atoms with van der Waals surface area (Å²) in [5, 5.41) is 35.7.